The second-order valence-corrected chi connectivity index (χ2v) is 7.06. The minimum atomic E-state index is -0.309. The molecule has 1 fully saturated rings. The number of hydrogen-bond acceptors (Lipinski definition) is 5. The average Bonchev–Trinajstić information content (AvgIpc) is 3.23. The predicted octanol–water partition coefficient (Wildman–Crippen LogP) is 2.74. The van der Waals surface area contributed by atoms with Gasteiger partial charge in [0.25, 0.3) is 0 Å². The number of hydrogen-bond donors (Lipinski definition) is 1. The third-order valence-electron chi connectivity index (χ3n) is 4.85. The second kappa shape index (κ2) is 8.14. The third-order valence-corrected chi connectivity index (χ3v) is 4.85. The van der Waals surface area contributed by atoms with Crippen molar-refractivity contribution in [1.82, 2.24) is 15.0 Å². The van der Waals surface area contributed by atoms with Gasteiger partial charge in [-0.05, 0) is 36.9 Å². The SMILES string of the molecule is Cc1ccc(-c2noc(CCC(=O)N3CCC(C)(CN)C3)n2)cc1F.Cl. The van der Waals surface area contributed by atoms with Crippen LogP contribution in [-0.2, 0) is 11.2 Å². The number of benzene rings is 1. The minimum Gasteiger partial charge on any atom is -0.342 e. The van der Waals surface area contributed by atoms with Gasteiger partial charge in [-0.3, -0.25) is 4.79 Å². The molecule has 26 heavy (non-hydrogen) atoms. The van der Waals surface area contributed by atoms with E-state index >= 15 is 0 Å². The van der Waals surface area contributed by atoms with Gasteiger partial charge in [0.05, 0.1) is 0 Å². The summed E-state index contributed by atoms with van der Waals surface area (Å²) in [5.41, 5.74) is 6.91. The quantitative estimate of drug-likeness (QED) is 0.859. The number of aromatic nitrogens is 2. The molecule has 0 aliphatic carbocycles. The number of rotatable bonds is 5. The first-order chi connectivity index (χ1) is 11.9. The van der Waals surface area contributed by atoms with Gasteiger partial charge in [-0.2, -0.15) is 4.98 Å². The Balaban J connectivity index is 0.00000243. The predicted molar refractivity (Wildman–Crippen MR) is 98.4 cm³/mol. The zero-order valence-electron chi connectivity index (χ0n) is 15.0. The molecular weight excluding hydrogens is 359 g/mol. The van der Waals surface area contributed by atoms with Gasteiger partial charge in [-0.25, -0.2) is 4.39 Å². The Hall–Kier alpha value is -1.99. The molecule has 1 saturated heterocycles. The van der Waals surface area contributed by atoms with Crippen molar-refractivity contribution in [3.05, 3.63) is 35.5 Å². The van der Waals surface area contributed by atoms with Crippen molar-refractivity contribution in [3.63, 3.8) is 0 Å². The lowest BCUT2D eigenvalue weighted by Crippen LogP contribution is -2.34. The Morgan fingerprint density at radius 3 is 2.88 bits per heavy atom. The van der Waals surface area contributed by atoms with Crippen molar-refractivity contribution in [1.29, 1.82) is 0 Å². The summed E-state index contributed by atoms with van der Waals surface area (Å²) in [6, 6.07) is 4.80. The third kappa shape index (κ3) is 4.40. The van der Waals surface area contributed by atoms with Crippen molar-refractivity contribution in [3.8, 4) is 11.4 Å². The average molecular weight is 383 g/mol. The van der Waals surface area contributed by atoms with Gasteiger partial charge in [0.1, 0.15) is 5.82 Å². The monoisotopic (exact) mass is 382 g/mol. The molecule has 1 aliphatic heterocycles. The summed E-state index contributed by atoms with van der Waals surface area (Å²) in [5, 5.41) is 3.87. The summed E-state index contributed by atoms with van der Waals surface area (Å²) in [6.45, 7) is 5.81. The Morgan fingerprint density at radius 2 is 2.23 bits per heavy atom. The van der Waals surface area contributed by atoms with Gasteiger partial charge in [0.2, 0.25) is 17.6 Å². The molecule has 1 aromatic heterocycles. The van der Waals surface area contributed by atoms with Crippen LogP contribution in [0.15, 0.2) is 22.7 Å². The van der Waals surface area contributed by atoms with E-state index in [4.69, 9.17) is 10.3 Å². The first-order valence-electron chi connectivity index (χ1n) is 8.47. The van der Waals surface area contributed by atoms with Gasteiger partial charge in [-0.15, -0.1) is 12.4 Å². The Morgan fingerprint density at radius 1 is 1.46 bits per heavy atom. The summed E-state index contributed by atoms with van der Waals surface area (Å²) >= 11 is 0. The topological polar surface area (TPSA) is 85.2 Å². The Bertz CT molecular complexity index is 782. The van der Waals surface area contributed by atoms with Crippen LogP contribution >= 0.6 is 12.4 Å². The van der Waals surface area contributed by atoms with Crippen LogP contribution in [0, 0.1) is 18.2 Å². The van der Waals surface area contributed by atoms with E-state index < -0.39 is 0 Å². The highest BCUT2D eigenvalue weighted by atomic mass is 35.5. The van der Waals surface area contributed by atoms with Crippen molar-refractivity contribution >= 4 is 18.3 Å². The Labute approximate surface area is 158 Å². The zero-order valence-corrected chi connectivity index (χ0v) is 15.8. The van der Waals surface area contributed by atoms with Gasteiger partial charge in [0, 0.05) is 31.5 Å². The molecule has 1 aliphatic rings. The number of halogens is 2. The van der Waals surface area contributed by atoms with Crippen LogP contribution in [0.3, 0.4) is 0 Å². The van der Waals surface area contributed by atoms with Crippen molar-refractivity contribution in [2.75, 3.05) is 19.6 Å². The summed E-state index contributed by atoms with van der Waals surface area (Å²) < 4.78 is 18.8. The highest BCUT2D eigenvalue weighted by Gasteiger charge is 2.34. The fraction of sp³-hybridized carbons (Fsp3) is 0.500. The van der Waals surface area contributed by atoms with Crippen molar-refractivity contribution < 1.29 is 13.7 Å². The maximum absolute atomic E-state index is 13.6. The first-order valence-corrected chi connectivity index (χ1v) is 8.47. The van der Waals surface area contributed by atoms with Crippen LogP contribution in [-0.4, -0.2) is 40.6 Å². The maximum Gasteiger partial charge on any atom is 0.227 e. The molecule has 0 spiro atoms. The molecule has 0 radical (unpaired) electrons. The molecule has 3 rings (SSSR count). The number of nitrogens with zero attached hydrogens (tertiary/aromatic N) is 3. The minimum absolute atomic E-state index is 0. The van der Waals surface area contributed by atoms with E-state index in [2.05, 4.69) is 17.1 Å². The highest BCUT2D eigenvalue weighted by Crippen LogP contribution is 2.29. The van der Waals surface area contributed by atoms with E-state index in [0.29, 0.717) is 48.8 Å². The van der Waals surface area contributed by atoms with E-state index in [1.807, 2.05) is 4.90 Å². The van der Waals surface area contributed by atoms with Gasteiger partial charge >= 0.3 is 0 Å². The number of aryl methyl sites for hydroxylation is 2. The zero-order chi connectivity index (χ0) is 18.0. The van der Waals surface area contributed by atoms with E-state index in [1.165, 1.54) is 6.07 Å². The molecule has 1 aromatic carbocycles. The molecule has 0 bridgehead atoms. The lowest BCUT2D eigenvalue weighted by molar-refractivity contribution is -0.130. The summed E-state index contributed by atoms with van der Waals surface area (Å²) in [4.78, 5) is 18.4. The van der Waals surface area contributed by atoms with Crippen LogP contribution in [0.2, 0.25) is 0 Å². The smallest absolute Gasteiger partial charge is 0.227 e. The molecule has 2 N–H and O–H groups in total. The number of carbonyl (C=O) groups is 1. The fourth-order valence-electron chi connectivity index (χ4n) is 2.98. The van der Waals surface area contributed by atoms with Crippen molar-refractivity contribution in [2.24, 2.45) is 11.1 Å². The molecule has 1 unspecified atom stereocenters. The molecule has 1 atom stereocenters. The molecule has 2 heterocycles. The number of carbonyl (C=O) groups excluding carboxylic acids is 1. The van der Waals surface area contributed by atoms with Gasteiger partial charge in [-0.1, -0.05) is 24.2 Å². The fourth-order valence-corrected chi connectivity index (χ4v) is 2.98. The maximum atomic E-state index is 13.6. The van der Waals surface area contributed by atoms with E-state index in [1.54, 1.807) is 19.1 Å². The molecule has 6 nitrogen and oxygen atoms in total. The second-order valence-electron chi connectivity index (χ2n) is 7.06. The summed E-state index contributed by atoms with van der Waals surface area (Å²) in [7, 11) is 0. The van der Waals surface area contributed by atoms with E-state index in [-0.39, 0.29) is 29.5 Å². The molecule has 1 amide bonds. The lowest BCUT2D eigenvalue weighted by atomic mass is 9.90. The summed E-state index contributed by atoms with van der Waals surface area (Å²) in [5.74, 6) is 0.470. The van der Waals surface area contributed by atoms with Crippen molar-refractivity contribution in [2.45, 2.75) is 33.1 Å². The van der Waals surface area contributed by atoms with Crippen LogP contribution in [0.5, 0.6) is 0 Å². The largest absolute Gasteiger partial charge is 0.342 e. The Kier molecular flexibility index (Phi) is 6.36. The van der Waals surface area contributed by atoms with E-state index in [9.17, 15) is 9.18 Å². The lowest BCUT2D eigenvalue weighted by Gasteiger charge is -2.22. The van der Waals surface area contributed by atoms with E-state index in [0.717, 1.165) is 13.0 Å². The number of amides is 1. The van der Waals surface area contributed by atoms with Crippen LogP contribution < -0.4 is 5.73 Å². The molecule has 2 aromatic rings. The summed E-state index contributed by atoms with van der Waals surface area (Å²) in [6.07, 6.45) is 1.61. The molecular formula is C18H24ClFN4O2. The molecule has 8 heteroatoms. The highest BCUT2D eigenvalue weighted by molar-refractivity contribution is 5.85. The molecule has 142 valence electrons. The van der Waals surface area contributed by atoms with Gasteiger partial charge < -0.3 is 15.2 Å². The standard InChI is InChI=1S/C18H23FN4O2.ClH/c1-12-3-4-13(9-14(12)19)17-21-15(25-22-17)5-6-16(24)23-8-7-18(2,10-20)11-23;/h3-4,9H,5-8,10-11,20H2,1-2H3;1H. The number of likely N-dealkylation sites (tertiary alicyclic amines) is 1. The van der Waals surface area contributed by atoms with Gasteiger partial charge in [0.15, 0.2) is 0 Å². The first kappa shape index (κ1) is 20.3. The van der Waals surface area contributed by atoms with Crippen LogP contribution in [0.1, 0.15) is 31.2 Å². The normalized spacial score (nSPS) is 19.5. The number of nitrogens with two attached hydrogens (primary N) is 1. The van der Waals surface area contributed by atoms with Crippen LogP contribution in [0.4, 0.5) is 4.39 Å². The molecule has 0 saturated carbocycles. The van der Waals surface area contributed by atoms with Crippen LogP contribution in [0.25, 0.3) is 11.4 Å².